The maximum Gasteiger partial charge on any atom is 0.238 e. The van der Waals surface area contributed by atoms with Crippen molar-refractivity contribution < 1.29 is 13.2 Å². The van der Waals surface area contributed by atoms with E-state index in [1.807, 2.05) is 0 Å². The molecule has 0 bridgehead atoms. The van der Waals surface area contributed by atoms with E-state index < -0.39 is 15.6 Å². The van der Waals surface area contributed by atoms with Crippen molar-refractivity contribution in [1.82, 2.24) is 10.2 Å². The summed E-state index contributed by atoms with van der Waals surface area (Å²) in [5, 5.41) is 3.64. The lowest BCUT2D eigenvalue weighted by atomic mass is 10.4. The van der Waals surface area contributed by atoms with Gasteiger partial charge in [-0.25, -0.2) is 8.42 Å². The van der Waals surface area contributed by atoms with Gasteiger partial charge in [-0.2, -0.15) is 0 Å². The van der Waals surface area contributed by atoms with Crippen molar-refractivity contribution in [3.8, 4) is 0 Å². The van der Waals surface area contributed by atoms with Crippen LogP contribution in [0.5, 0.6) is 0 Å². The van der Waals surface area contributed by atoms with Gasteiger partial charge >= 0.3 is 0 Å². The van der Waals surface area contributed by atoms with E-state index in [1.54, 1.807) is 4.90 Å². The number of nitrogens with zero attached hydrogens (tertiary/aromatic N) is 1. The smallest absolute Gasteiger partial charge is 0.238 e. The minimum Gasteiger partial charge on any atom is -0.340 e. The van der Waals surface area contributed by atoms with Crippen LogP contribution in [-0.2, 0) is 14.6 Å². The number of carbonyl (C=O) groups excluding carboxylic acids is 1. The molecule has 1 aliphatic heterocycles. The lowest BCUT2D eigenvalue weighted by Gasteiger charge is -2.19. The van der Waals surface area contributed by atoms with Crippen molar-refractivity contribution in [2.45, 2.75) is 11.3 Å². The third-order valence-electron chi connectivity index (χ3n) is 3.18. The van der Waals surface area contributed by atoms with Crippen LogP contribution in [0.2, 0.25) is 5.02 Å². The minimum absolute atomic E-state index is 0.128. The fraction of sp³-hybridized carbons (Fsp3) is 0.462. The van der Waals surface area contributed by atoms with Crippen LogP contribution in [0.4, 0.5) is 0 Å². The second kappa shape index (κ2) is 6.56. The van der Waals surface area contributed by atoms with Gasteiger partial charge in [0.1, 0.15) is 5.75 Å². The van der Waals surface area contributed by atoms with E-state index in [4.69, 9.17) is 11.6 Å². The van der Waals surface area contributed by atoms with Crippen molar-refractivity contribution in [3.63, 3.8) is 0 Å². The monoisotopic (exact) mass is 316 g/mol. The first-order valence-corrected chi connectivity index (χ1v) is 8.49. The van der Waals surface area contributed by atoms with Gasteiger partial charge < -0.3 is 10.2 Å². The fourth-order valence-corrected chi connectivity index (χ4v) is 3.43. The van der Waals surface area contributed by atoms with Crippen molar-refractivity contribution >= 4 is 27.3 Å². The van der Waals surface area contributed by atoms with Gasteiger partial charge in [0.05, 0.1) is 4.90 Å². The largest absolute Gasteiger partial charge is 0.340 e. The topological polar surface area (TPSA) is 66.5 Å². The van der Waals surface area contributed by atoms with Crippen molar-refractivity contribution in [2.75, 3.05) is 31.9 Å². The molecular weight excluding hydrogens is 300 g/mol. The molecule has 1 N–H and O–H groups in total. The van der Waals surface area contributed by atoms with E-state index in [0.717, 1.165) is 13.0 Å². The van der Waals surface area contributed by atoms with Crippen LogP contribution >= 0.6 is 11.6 Å². The standard InChI is InChI=1S/C13H17ClN2O3S/c14-11-2-4-12(5-3-11)20(18,19)10-13(17)16-8-1-6-15-7-9-16/h2-5,15H,1,6-10H2. The molecule has 1 aromatic carbocycles. The quantitative estimate of drug-likeness (QED) is 0.901. The Bertz CT molecular complexity index is 564. The zero-order chi connectivity index (χ0) is 14.6. The van der Waals surface area contributed by atoms with Gasteiger partial charge in [0, 0.05) is 24.7 Å². The Morgan fingerprint density at radius 2 is 1.90 bits per heavy atom. The molecule has 110 valence electrons. The predicted molar refractivity (Wildman–Crippen MR) is 77.6 cm³/mol. The number of rotatable bonds is 3. The molecule has 0 saturated carbocycles. The number of carbonyl (C=O) groups is 1. The number of halogens is 1. The normalized spacial score (nSPS) is 16.8. The fourth-order valence-electron chi connectivity index (χ4n) is 2.07. The van der Waals surface area contributed by atoms with Gasteiger partial charge in [0.15, 0.2) is 9.84 Å². The highest BCUT2D eigenvalue weighted by molar-refractivity contribution is 7.92. The van der Waals surface area contributed by atoms with E-state index >= 15 is 0 Å². The van der Waals surface area contributed by atoms with Crippen LogP contribution in [0.1, 0.15) is 6.42 Å². The third-order valence-corrected chi connectivity index (χ3v) is 5.05. The molecule has 1 amide bonds. The summed E-state index contributed by atoms with van der Waals surface area (Å²) in [6.07, 6.45) is 0.840. The van der Waals surface area contributed by atoms with E-state index in [-0.39, 0.29) is 10.8 Å². The molecule has 1 saturated heterocycles. The maximum atomic E-state index is 12.2. The third kappa shape index (κ3) is 3.94. The average Bonchev–Trinajstić information content (AvgIpc) is 2.67. The molecule has 1 heterocycles. The lowest BCUT2D eigenvalue weighted by Crippen LogP contribution is -2.38. The highest BCUT2D eigenvalue weighted by Gasteiger charge is 2.23. The van der Waals surface area contributed by atoms with Crippen LogP contribution in [0.3, 0.4) is 0 Å². The molecule has 0 aromatic heterocycles. The van der Waals surface area contributed by atoms with E-state index in [1.165, 1.54) is 24.3 Å². The first-order chi connectivity index (χ1) is 9.49. The Balaban J connectivity index is 2.07. The summed E-state index contributed by atoms with van der Waals surface area (Å²) in [5.41, 5.74) is 0. The molecule has 1 aliphatic rings. The SMILES string of the molecule is O=C(CS(=O)(=O)c1ccc(Cl)cc1)N1CCCNCC1. The number of hydrogen-bond donors (Lipinski definition) is 1. The van der Waals surface area contributed by atoms with Gasteiger partial charge in [-0.3, -0.25) is 4.79 Å². The van der Waals surface area contributed by atoms with Crippen LogP contribution in [0, 0.1) is 0 Å². The van der Waals surface area contributed by atoms with Crippen molar-refractivity contribution in [2.24, 2.45) is 0 Å². The molecule has 7 heteroatoms. The zero-order valence-corrected chi connectivity index (χ0v) is 12.6. The van der Waals surface area contributed by atoms with Crippen LogP contribution < -0.4 is 5.32 Å². The minimum atomic E-state index is -3.61. The zero-order valence-electron chi connectivity index (χ0n) is 11.0. The second-order valence-corrected chi connectivity index (χ2v) is 7.12. The molecular formula is C13H17ClN2O3S. The molecule has 1 fully saturated rings. The summed E-state index contributed by atoms with van der Waals surface area (Å²) >= 11 is 5.73. The number of hydrogen-bond acceptors (Lipinski definition) is 4. The van der Waals surface area contributed by atoms with Gasteiger partial charge in [-0.05, 0) is 37.2 Å². The van der Waals surface area contributed by atoms with Gasteiger partial charge in [0.2, 0.25) is 5.91 Å². The Kier molecular flexibility index (Phi) is 5.01. The van der Waals surface area contributed by atoms with Crippen molar-refractivity contribution in [3.05, 3.63) is 29.3 Å². The molecule has 2 rings (SSSR count). The highest BCUT2D eigenvalue weighted by atomic mass is 35.5. The summed E-state index contributed by atoms with van der Waals surface area (Å²) in [5.74, 6) is -0.835. The molecule has 20 heavy (non-hydrogen) atoms. The molecule has 0 radical (unpaired) electrons. The molecule has 0 spiro atoms. The average molecular weight is 317 g/mol. The summed E-state index contributed by atoms with van der Waals surface area (Å²) in [7, 11) is -3.61. The van der Waals surface area contributed by atoms with Crippen LogP contribution in [0.25, 0.3) is 0 Å². The van der Waals surface area contributed by atoms with Gasteiger partial charge in [0.25, 0.3) is 0 Å². The summed E-state index contributed by atoms with van der Waals surface area (Å²) in [6, 6.07) is 5.87. The molecule has 1 aromatic rings. The summed E-state index contributed by atoms with van der Waals surface area (Å²) in [6.45, 7) is 2.71. The van der Waals surface area contributed by atoms with E-state index in [2.05, 4.69) is 5.32 Å². The van der Waals surface area contributed by atoms with E-state index in [9.17, 15) is 13.2 Å². The predicted octanol–water partition coefficient (Wildman–Crippen LogP) is 0.936. The maximum absolute atomic E-state index is 12.2. The second-order valence-electron chi connectivity index (χ2n) is 4.70. The first kappa shape index (κ1) is 15.3. The Hall–Kier alpha value is -1.11. The Morgan fingerprint density at radius 1 is 1.20 bits per heavy atom. The Morgan fingerprint density at radius 3 is 2.60 bits per heavy atom. The lowest BCUT2D eigenvalue weighted by molar-refractivity contribution is -0.128. The molecule has 0 unspecified atom stereocenters. The summed E-state index contributed by atoms with van der Waals surface area (Å²) in [4.78, 5) is 13.8. The first-order valence-electron chi connectivity index (χ1n) is 6.46. The molecule has 0 atom stereocenters. The number of benzene rings is 1. The number of nitrogens with one attached hydrogen (secondary N) is 1. The molecule has 5 nitrogen and oxygen atoms in total. The number of amides is 1. The van der Waals surface area contributed by atoms with Gasteiger partial charge in [-0.1, -0.05) is 11.6 Å². The van der Waals surface area contributed by atoms with Crippen LogP contribution in [0.15, 0.2) is 29.2 Å². The van der Waals surface area contributed by atoms with Crippen LogP contribution in [-0.4, -0.2) is 51.2 Å². The van der Waals surface area contributed by atoms with E-state index in [0.29, 0.717) is 24.7 Å². The van der Waals surface area contributed by atoms with Crippen molar-refractivity contribution in [1.29, 1.82) is 0 Å². The Labute approximate surface area is 123 Å². The number of sulfone groups is 1. The summed E-state index contributed by atoms with van der Waals surface area (Å²) < 4.78 is 24.4. The molecule has 0 aliphatic carbocycles. The van der Waals surface area contributed by atoms with Gasteiger partial charge in [-0.15, -0.1) is 0 Å². The highest BCUT2D eigenvalue weighted by Crippen LogP contribution is 2.16.